The van der Waals surface area contributed by atoms with Crippen LogP contribution in [0.4, 0.5) is 0 Å². The van der Waals surface area contributed by atoms with E-state index in [1.807, 2.05) is 0 Å². The summed E-state index contributed by atoms with van der Waals surface area (Å²) in [4.78, 5) is 0. The Labute approximate surface area is 56.6 Å². The lowest BCUT2D eigenvalue weighted by atomic mass is 9.86. The van der Waals surface area contributed by atoms with Crippen molar-refractivity contribution in [1.29, 1.82) is 0 Å². The minimum atomic E-state index is 0.552. The van der Waals surface area contributed by atoms with Crippen molar-refractivity contribution in [2.45, 2.75) is 38.1 Å². The molecule has 2 saturated carbocycles. The highest BCUT2D eigenvalue weighted by atomic mass is 14.7. The largest absolute Gasteiger partial charge is 0.328 e. The Kier molecular flexibility index (Phi) is 1.26. The topological polar surface area (TPSA) is 26.0 Å². The molecule has 2 N–H and O–H groups in total. The van der Waals surface area contributed by atoms with Gasteiger partial charge in [-0.05, 0) is 31.1 Å². The van der Waals surface area contributed by atoms with E-state index in [4.69, 9.17) is 5.73 Å². The Hall–Kier alpha value is -0.0400. The zero-order valence-corrected chi connectivity index (χ0v) is 5.84. The Morgan fingerprint density at radius 3 is 2.00 bits per heavy atom. The first-order valence-electron chi connectivity index (χ1n) is 4.10. The molecule has 9 heavy (non-hydrogen) atoms. The molecular weight excluding hydrogens is 110 g/mol. The number of rotatable bonds is 0. The summed E-state index contributed by atoms with van der Waals surface area (Å²) >= 11 is 0. The molecule has 2 rings (SSSR count). The van der Waals surface area contributed by atoms with Crippen molar-refractivity contribution in [1.82, 2.24) is 0 Å². The number of nitrogens with two attached hydrogens (primary N) is 1. The first-order valence-corrected chi connectivity index (χ1v) is 4.10. The van der Waals surface area contributed by atoms with Gasteiger partial charge in [0.1, 0.15) is 0 Å². The Morgan fingerprint density at radius 1 is 0.889 bits per heavy atom. The average molecular weight is 125 g/mol. The van der Waals surface area contributed by atoms with Crippen molar-refractivity contribution in [2.75, 3.05) is 0 Å². The summed E-state index contributed by atoms with van der Waals surface area (Å²) in [6.07, 6.45) is 7.07. The van der Waals surface area contributed by atoms with E-state index in [1.54, 1.807) is 0 Å². The normalized spacial score (nSPS) is 49.7. The minimum absolute atomic E-state index is 0.552. The Morgan fingerprint density at radius 2 is 1.44 bits per heavy atom. The first kappa shape index (κ1) is 5.72. The van der Waals surface area contributed by atoms with Gasteiger partial charge in [0, 0.05) is 6.04 Å². The van der Waals surface area contributed by atoms with Gasteiger partial charge in [0.15, 0.2) is 0 Å². The molecule has 0 aliphatic heterocycles. The van der Waals surface area contributed by atoms with Gasteiger partial charge in [-0.15, -0.1) is 0 Å². The Bertz CT molecular complexity index is 99.1. The molecule has 2 aliphatic carbocycles. The highest BCUT2D eigenvalue weighted by Gasteiger charge is 2.31. The van der Waals surface area contributed by atoms with E-state index in [0.717, 1.165) is 11.8 Å². The van der Waals surface area contributed by atoms with Gasteiger partial charge in [-0.3, -0.25) is 0 Å². The molecule has 0 amide bonds. The summed E-state index contributed by atoms with van der Waals surface area (Å²) in [5.74, 6) is 2.03. The van der Waals surface area contributed by atoms with Crippen LogP contribution in [-0.4, -0.2) is 6.04 Å². The summed E-state index contributed by atoms with van der Waals surface area (Å²) in [6.45, 7) is 0. The lowest BCUT2D eigenvalue weighted by molar-refractivity contribution is 0.320. The molecule has 2 aliphatic rings. The fourth-order valence-corrected chi connectivity index (χ4v) is 2.56. The quantitative estimate of drug-likeness (QED) is 0.522. The molecule has 0 spiro atoms. The highest BCUT2D eigenvalue weighted by Crippen LogP contribution is 2.41. The second-order valence-corrected chi connectivity index (χ2v) is 3.78. The van der Waals surface area contributed by atoms with Crippen LogP contribution in [0, 0.1) is 11.8 Å². The molecule has 2 bridgehead atoms. The summed E-state index contributed by atoms with van der Waals surface area (Å²) in [6, 6.07) is 0.552. The van der Waals surface area contributed by atoms with Crippen LogP contribution in [0.5, 0.6) is 0 Å². The SMILES string of the molecule is NC1C[C@H]2CC[C@@H](C1)C2. The lowest BCUT2D eigenvalue weighted by Crippen LogP contribution is -2.28. The maximum absolute atomic E-state index is 5.86. The van der Waals surface area contributed by atoms with E-state index < -0.39 is 0 Å². The second kappa shape index (κ2) is 1.98. The van der Waals surface area contributed by atoms with Gasteiger partial charge >= 0.3 is 0 Å². The molecular formula is C8H15N. The fourth-order valence-electron chi connectivity index (χ4n) is 2.56. The molecule has 3 atom stereocenters. The van der Waals surface area contributed by atoms with Crippen molar-refractivity contribution in [3.63, 3.8) is 0 Å². The molecule has 0 radical (unpaired) electrons. The van der Waals surface area contributed by atoms with Crippen molar-refractivity contribution in [2.24, 2.45) is 17.6 Å². The molecule has 1 heteroatoms. The maximum Gasteiger partial charge on any atom is 0.00441 e. The average Bonchev–Trinajstić information content (AvgIpc) is 2.11. The van der Waals surface area contributed by atoms with Crippen molar-refractivity contribution in [3.8, 4) is 0 Å². The predicted molar refractivity (Wildman–Crippen MR) is 38.0 cm³/mol. The molecule has 0 aromatic carbocycles. The molecule has 0 heterocycles. The summed E-state index contributed by atoms with van der Waals surface area (Å²) in [5, 5.41) is 0. The van der Waals surface area contributed by atoms with Gasteiger partial charge < -0.3 is 5.73 Å². The third-order valence-electron chi connectivity index (χ3n) is 2.92. The molecule has 1 nitrogen and oxygen atoms in total. The first-order chi connectivity index (χ1) is 4.34. The maximum atomic E-state index is 5.86. The van der Waals surface area contributed by atoms with Gasteiger partial charge in [0.25, 0.3) is 0 Å². The highest BCUT2D eigenvalue weighted by molar-refractivity contribution is 4.86. The third kappa shape index (κ3) is 0.983. The third-order valence-corrected chi connectivity index (χ3v) is 2.92. The van der Waals surface area contributed by atoms with Crippen molar-refractivity contribution >= 4 is 0 Å². The van der Waals surface area contributed by atoms with Gasteiger partial charge in [0.2, 0.25) is 0 Å². The molecule has 0 aromatic heterocycles. The summed E-state index contributed by atoms with van der Waals surface area (Å²) in [5.41, 5.74) is 5.86. The molecule has 2 fully saturated rings. The van der Waals surface area contributed by atoms with Gasteiger partial charge in [-0.2, -0.15) is 0 Å². The van der Waals surface area contributed by atoms with Crippen LogP contribution in [0.2, 0.25) is 0 Å². The molecule has 1 unspecified atom stereocenters. The van der Waals surface area contributed by atoms with Crippen LogP contribution >= 0.6 is 0 Å². The standard InChI is InChI=1S/C8H15N/c9-8-4-6-1-2-7(3-6)5-8/h6-8H,1-5,9H2/t6-,7+,8?. The van der Waals surface area contributed by atoms with E-state index in [9.17, 15) is 0 Å². The van der Waals surface area contributed by atoms with Crippen LogP contribution in [0.25, 0.3) is 0 Å². The zero-order chi connectivity index (χ0) is 6.27. The lowest BCUT2D eigenvalue weighted by Gasteiger charge is -2.23. The molecule has 0 saturated heterocycles. The second-order valence-electron chi connectivity index (χ2n) is 3.78. The number of hydrogen-bond acceptors (Lipinski definition) is 1. The van der Waals surface area contributed by atoms with Crippen LogP contribution in [0.1, 0.15) is 32.1 Å². The number of hydrogen-bond donors (Lipinski definition) is 1. The molecule has 0 aromatic rings. The predicted octanol–water partition coefficient (Wildman–Crippen LogP) is 1.52. The zero-order valence-electron chi connectivity index (χ0n) is 5.84. The van der Waals surface area contributed by atoms with Crippen LogP contribution in [0.3, 0.4) is 0 Å². The summed E-state index contributed by atoms with van der Waals surface area (Å²) < 4.78 is 0. The van der Waals surface area contributed by atoms with Gasteiger partial charge in [-0.25, -0.2) is 0 Å². The van der Waals surface area contributed by atoms with Crippen molar-refractivity contribution < 1.29 is 0 Å². The molecule has 52 valence electrons. The summed E-state index contributed by atoms with van der Waals surface area (Å²) in [7, 11) is 0. The Balaban J connectivity index is 2.03. The van der Waals surface area contributed by atoms with Crippen LogP contribution < -0.4 is 5.73 Å². The van der Waals surface area contributed by atoms with E-state index in [1.165, 1.54) is 32.1 Å². The van der Waals surface area contributed by atoms with Gasteiger partial charge in [-0.1, -0.05) is 12.8 Å². The number of fused-ring (bicyclic) bond motifs is 2. The fraction of sp³-hybridized carbons (Fsp3) is 1.00. The van der Waals surface area contributed by atoms with E-state index in [2.05, 4.69) is 0 Å². The minimum Gasteiger partial charge on any atom is -0.328 e. The van der Waals surface area contributed by atoms with Crippen molar-refractivity contribution in [3.05, 3.63) is 0 Å². The van der Waals surface area contributed by atoms with Crippen LogP contribution in [-0.2, 0) is 0 Å². The van der Waals surface area contributed by atoms with Crippen LogP contribution in [0.15, 0.2) is 0 Å². The smallest absolute Gasteiger partial charge is 0.00441 e. The van der Waals surface area contributed by atoms with E-state index in [-0.39, 0.29) is 0 Å². The van der Waals surface area contributed by atoms with E-state index in [0.29, 0.717) is 6.04 Å². The van der Waals surface area contributed by atoms with E-state index >= 15 is 0 Å². The van der Waals surface area contributed by atoms with Gasteiger partial charge in [0.05, 0.1) is 0 Å². The monoisotopic (exact) mass is 125 g/mol.